The van der Waals surface area contributed by atoms with Gasteiger partial charge in [-0.1, -0.05) is 66.7 Å². The van der Waals surface area contributed by atoms with Gasteiger partial charge in [0, 0.05) is 17.9 Å². The predicted octanol–water partition coefficient (Wildman–Crippen LogP) is 5.91. The Morgan fingerprint density at radius 3 is 1.88 bits per heavy atom. The average Bonchev–Trinajstić information content (AvgIpc) is 2.97. The largest absolute Gasteiger partial charge is 0.396 e. The first-order valence-corrected chi connectivity index (χ1v) is 10.6. The average molecular weight is 340 g/mol. The molecule has 0 spiro atoms. The number of rotatable bonds is 6. The monoisotopic (exact) mass is 340 g/mol. The molecule has 0 unspecified atom stereocenters. The summed E-state index contributed by atoms with van der Waals surface area (Å²) in [6.45, 7) is 0.179. The van der Waals surface area contributed by atoms with Crippen LogP contribution < -0.4 is 0 Å². The van der Waals surface area contributed by atoms with E-state index in [4.69, 9.17) is 5.11 Å². The van der Waals surface area contributed by atoms with Crippen LogP contribution in [0, 0.1) is 0 Å². The minimum atomic E-state index is -2.54. The lowest BCUT2D eigenvalue weighted by atomic mass is 10.0. The molecule has 0 saturated carbocycles. The lowest BCUT2D eigenvalue weighted by Crippen LogP contribution is -1.97. The van der Waals surface area contributed by atoms with Crippen molar-refractivity contribution in [3.63, 3.8) is 0 Å². The van der Waals surface area contributed by atoms with Crippen LogP contribution in [0.25, 0.3) is 0 Å². The topological polar surface area (TPSA) is 37.3 Å². The summed E-state index contributed by atoms with van der Waals surface area (Å²) >= 11 is 0. The van der Waals surface area contributed by atoms with Crippen LogP contribution >= 0.6 is 7.14 Å². The summed E-state index contributed by atoms with van der Waals surface area (Å²) in [7, 11) is -2.54. The van der Waals surface area contributed by atoms with E-state index >= 15 is 0 Å². The maximum atomic E-state index is 14.1. The van der Waals surface area contributed by atoms with E-state index in [9.17, 15) is 4.57 Å². The van der Waals surface area contributed by atoms with Gasteiger partial charge in [-0.25, -0.2) is 0 Å². The van der Waals surface area contributed by atoms with Gasteiger partial charge in [0.1, 0.15) is 7.14 Å². The van der Waals surface area contributed by atoms with Crippen molar-refractivity contribution in [2.45, 2.75) is 37.0 Å². The molecule has 2 atom stereocenters. The minimum Gasteiger partial charge on any atom is -0.396 e. The molecule has 3 heteroatoms. The van der Waals surface area contributed by atoms with Crippen molar-refractivity contribution in [3.05, 3.63) is 83.7 Å². The van der Waals surface area contributed by atoms with Crippen molar-refractivity contribution >= 4 is 7.14 Å². The lowest BCUT2D eigenvalue weighted by molar-refractivity contribution is 0.289. The van der Waals surface area contributed by atoms with E-state index in [0.29, 0.717) is 0 Å². The zero-order valence-corrected chi connectivity index (χ0v) is 14.8. The zero-order valence-electron chi connectivity index (χ0n) is 13.9. The summed E-state index contributed by atoms with van der Waals surface area (Å²) in [4.78, 5) is 0. The van der Waals surface area contributed by atoms with Gasteiger partial charge in [0.05, 0.1) is 0 Å². The molecule has 1 fully saturated rings. The molecule has 24 heavy (non-hydrogen) atoms. The molecule has 2 nitrogen and oxygen atoms in total. The number of aliphatic hydroxyl groups is 1. The number of benzene rings is 2. The third kappa shape index (κ3) is 3.55. The van der Waals surface area contributed by atoms with Crippen LogP contribution in [-0.2, 0) is 4.57 Å². The molecule has 0 bridgehead atoms. The van der Waals surface area contributed by atoms with Crippen molar-refractivity contribution < 1.29 is 9.67 Å². The Labute approximate surface area is 144 Å². The SMILES string of the molecule is O=P1(/C=C\CCCO)[C@@H](c2ccccc2)CC[C@@H]1c1ccccc1. The third-order valence-electron chi connectivity index (χ3n) is 4.92. The maximum Gasteiger partial charge on any atom is 0.122 e. The number of aliphatic hydroxyl groups excluding tert-OH is 1. The molecule has 126 valence electrons. The van der Waals surface area contributed by atoms with Crippen LogP contribution in [-0.4, -0.2) is 11.7 Å². The van der Waals surface area contributed by atoms with Gasteiger partial charge in [-0.3, -0.25) is 0 Å². The third-order valence-corrected chi connectivity index (χ3v) is 8.66. The molecule has 1 aliphatic rings. The molecule has 2 aromatic carbocycles. The fourth-order valence-electron chi connectivity index (χ4n) is 3.74. The Hall–Kier alpha value is -1.63. The molecular formula is C21H25O2P. The smallest absolute Gasteiger partial charge is 0.122 e. The Kier molecular flexibility index (Phi) is 5.71. The molecule has 2 aromatic rings. The second-order valence-corrected chi connectivity index (χ2v) is 9.52. The molecule has 1 heterocycles. The van der Waals surface area contributed by atoms with Crippen LogP contribution in [0.2, 0.25) is 0 Å². The zero-order chi connectivity index (χ0) is 16.8. The van der Waals surface area contributed by atoms with Gasteiger partial charge in [0.2, 0.25) is 0 Å². The standard InChI is InChI=1S/C21H25O2P/c22-16-8-3-9-17-24(23)20(18-10-4-1-5-11-18)14-15-21(24)19-12-6-2-7-13-19/h1-2,4-7,9-13,17,20-22H,3,8,14-16H2/b17-9-/t20-,21-/m1/s1. The van der Waals surface area contributed by atoms with E-state index in [0.717, 1.165) is 25.7 Å². The Morgan fingerprint density at radius 2 is 1.42 bits per heavy atom. The molecule has 3 rings (SSSR count). The molecular weight excluding hydrogens is 315 g/mol. The molecule has 1 aliphatic heterocycles. The number of allylic oxidation sites excluding steroid dienone is 1. The van der Waals surface area contributed by atoms with Gasteiger partial charge < -0.3 is 9.67 Å². The van der Waals surface area contributed by atoms with Crippen LogP contribution in [0.5, 0.6) is 0 Å². The van der Waals surface area contributed by atoms with E-state index in [1.54, 1.807) is 0 Å². The van der Waals surface area contributed by atoms with Gasteiger partial charge in [0.15, 0.2) is 0 Å². The second-order valence-electron chi connectivity index (χ2n) is 6.44. The van der Waals surface area contributed by atoms with Crippen molar-refractivity contribution in [1.82, 2.24) is 0 Å². The summed E-state index contributed by atoms with van der Waals surface area (Å²) in [5, 5.41) is 8.98. The van der Waals surface area contributed by atoms with Gasteiger partial charge in [-0.15, -0.1) is 0 Å². The number of unbranched alkanes of at least 4 members (excludes halogenated alkanes) is 1. The summed E-state index contributed by atoms with van der Waals surface area (Å²) in [6, 6.07) is 20.6. The quantitative estimate of drug-likeness (QED) is 0.524. The molecule has 1 saturated heterocycles. The minimum absolute atomic E-state index is 0.106. The molecule has 0 aliphatic carbocycles. The second kappa shape index (κ2) is 7.96. The highest BCUT2D eigenvalue weighted by atomic mass is 31.2. The first-order valence-electron chi connectivity index (χ1n) is 8.73. The summed E-state index contributed by atoms with van der Waals surface area (Å²) < 4.78 is 14.1. The van der Waals surface area contributed by atoms with E-state index in [1.165, 1.54) is 11.1 Å². The van der Waals surface area contributed by atoms with Crippen molar-refractivity contribution in [1.29, 1.82) is 0 Å². The van der Waals surface area contributed by atoms with E-state index in [-0.39, 0.29) is 17.9 Å². The highest BCUT2D eigenvalue weighted by molar-refractivity contribution is 7.68. The van der Waals surface area contributed by atoms with Crippen LogP contribution in [0.1, 0.15) is 48.1 Å². The fraction of sp³-hybridized carbons (Fsp3) is 0.333. The predicted molar refractivity (Wildman–Crippen MR) is 101 cm³/mol. The molecule has 0 radical (unpaired) electrons. The fourth-order valence-corrected chi connectivity index (χ4v) is 7.45. The van der Waals surface area contributed by atoms with Crippen molar-refractivity contribution in [2.75, 3.05) is 6.61 Å². The van der Waals surface area contributed by atoms with Crippen molar-refractivity contribution in [3.8, 4) is 0 Å². The first-order chi connectivity index (χ1) is 11.8. The van der Waals surface area contributed by atoms with Gasteiger partial charge >= 0.3 is 0 Å². The van der Waals surface area contributed by atoms with Gasteiger partial charge in [0.25, 0.3) is 0 Å². The van der Waals surface area contributed by atoms with E-state index in [1.807, 2.05) is 48.3 Å². The van der Waals surface area contributed by atoms with Crippen LogP contribution in [0.4, 0.5) is 0 Å². The van der Waals surface area contributed by atoms with E-state index < -0.39 is 7.14 Å². The van der Waals surface area contributed by atoms with Crippen molar-refractivity contribution in [2.24, 2.45) is 0 Å². The summed E-state index contributed by atoms with van der Waals surface area (Å²) in [5.41, 5.74) is 2.58. The summed E-state index contributed by atoms with van der Waals surface area (Å²) in [6.07, 6.45) is 5.45. The molecule has 0 aromatic heterocycles. The summed E-state index contributed by atoms with van der Waals surface area (Å²) in [5.74, 6) is 1.99. The molecule has 0 amide bonds. The highest BCUT2D eigenvalue weighted by Gasteiger charge is 2.45. The highest BCUT2D eigenvalue weighted by Crippen LogP contribution is 2.77. The normalized spacial score (nSPS) is 22.9. The number of hydrogen-bond acceptors (Lipinski definition) is 2. The van der Waals surface area contributed by atoms with E-state index in [2.05, 4.69) is 24.3 Å². The Morgan fingerprint density at radius 1 is 0.917 bits per heavy atom. The Bertz CT molecular complexity index is 658. The molecule has 1 N–H and O–H groups in total. The van der Waals surface area contributed by atoms with Crippen LogP contribution in [0.15, 0.2) is 72.6 Å². The van der Waals surface area contributed by atoms with Gasteiger partial charge in [-0.05, 0) is 42.6 Å². The first kappa shape index (κ1) is 17.2. The lowest BCUT2D eigenvalue weighted by Gasteiger charge is -2.24. The Balaban J connectivity index is 1.95. The van der Waals surface area contributed by atoms with Crippen LogP contribution in [0.3, 0.4) is 0 Å². The number of hydrogen-bond donors (Lipinski definition) is 1. The maximum absolute atomic E-state index is 14.1. The van der Waals surface area contributed by atoms with Gasteiger partial charge in [-0.2, -0.15) is 0 Å².